The van der Waals surface area contributed by atoms with E-state index in [2.05, 4.69) is 494 Å². The van der Waals surface area contributed by atoms with Crippen molar-refractivity contribution in [2.24, 2.45) is 0 Å². The zero-order chi connectivity index (χ0) is 39.5. The Labute approximate surface area is 533 Å². The van der Waals surface area contributed by atoms with E-state index in [1.54, 1.807) is 0 Å². The topological polar surface area (TPSA) is 19.9 Å². The van der Waals surface area contributed by atoms with Crippen molar-refractivity contribution in [2.75, 3.05) is 0 Å². The Kier molecular flexibility index (Phi) is 26.1. The van der Waals surface area contributed by atoms with Gasteiger partial charge in [-0.1, -0.05) is 462 Å². The molecular formula is C15Br31O. The predicted octanol–water partition coefficient (Wildman–Crippen LogP) is 23.0. The third-order valence-corrected chi connectivity index (χ3v) is 70.1. The lowest BCUT2D eigenvalue weighted by molar-refractivity contribution is 0.137. The molecule has 0 aromatic rings. The van der Waals surface area contributed by atoms with Crippen molar-refractivity contribution in [3.05, 3.63) is 0 Å². The van der Waals surface area contributed by atoms with Gasteiger partial charge in [-0.2, -0.15) is 0 Å². The van der Waals surface area contributed by atoms with Gasteiger partial charge in [-0.15, -0.1) is 0 Å². The molecule has 0 saturated carbocycles. The highest BCUT2D eigenvalue weighted by Gasteiger charge is 2.83. The fourth-order valence-corrected chi connectivity index (χ4v) is 32.6. The van der Waals surface area contributed by atoms with Crippen LogP contribution in [0.5, 0.6) is 0 Å². The molecule has 1 nitrogen and oxygen atoms in total. The third kappa shape index (κ3) is 10.6. The van der Waals surface area contributed by atoms with Gasteiger partial charge in [0.25, 0.3) is 0 Å². The van der Waals surface area contributed by atoms with Crippen molar-refractivity contribution >= 4 is 494 Å². The molecule has 1 radical (unpaired) electrons. The number of rotatable bonds is 13. The Bertz CT molecular complexity index is 1060. The zero-order valence-corrected chi connectivity index (χ0v) is 68.8. The predicted molar refractivity (Wildman–Crippen MR) is 318 cm³/mol. The molecule has 0 aromatic carbocycles. The fraction of sp³-hybridized carbons (Fsp3) is 1.00. The number of alkyl halides is 31. The lowest BCUT2D eigenvalue weighted by atomic mass is 10.0. The third-order valence-electron chi connectivity index (χ3n) is 5.45. The molecule has 0 fully saturated rings. The Hall–Kier alpha value is 14.8. The van der Waals surface area contributed by atoms with Crippen LogP contribution in [-0.4, -0.2) is 47.6 Å². The Morgan fingerprint density at radius 3 is 0.383 bits per heavy atom. The van der Waals surface area contributed by atoms with Crippen LogP contribution >= 0.6 is 494 Å². The maximum atomic E-state index is 13.2. The fourth-order valence-electron chi connectivity index (χ4n) is 2.53. The SMILES string of the molecule is [O]C(Br)(Br)C(Br)(Br)C(Br)(Br)C(Br)(Br)C(Br)(Br)C(Br)(Br)C(Br)(Br)C(Br)(Br)C(Br)(Br)C(Br)(Br)C(Br)(Br)C(Br)(Br)C(Br)(Br)C(Br)(Br)C(Br)(Br)Br. The minimum Gasteiger partial charge on any atom is -0.202 e. The van der Waals surface area contributed by atoms with Gasteiger partial charge >= 0.3 is 0 Å². The zero-order valence-electron chi connectivity index (χ0n) is 19.6. The van der Waals surface area contributed by atoms with Gasteiger partial charge in [-0.3, -0.25) is 0 Å². The van der Waals surface area contributed by atoms with E-state index in [9.17, 15) is 5.11 Å². The summed E-state index contributed by atoms with van der Waals surface area (Å²) in [7, 11) is 0. The van der Waals surface area contributed by atoms with Gasteiger partial charge in [0.05, 0.1) is 0 Å². The molecule has 0 aliphatic carbocycles. The summed E-state index contributed by atoms with van der Waals surface area (Å²) in [6.07, 6.45) is 0. The molecule has 0 atom stereocenters. The number of halogens is 31. The molecule has 0 aliphatic heterocycles. The standard InChI is InChI=1S/C15Br31O/c16-1(17,2(18,19)4(22,23)6(26,27)8(30,31)10(34,35)12(38,39)14(42,43)44)3(20,21)5(24,25)7(28,29)9(32,33)11(36,37)13(40,41)15(45,46)47. The maximum Gasteiger partial charge on any atom is 0.239 e. The minimum atomic E-state index is -1.95. The van der Waals surface area contributed by atoms with Crippen molar-refractivity contribution in [2.45, 2.75) is 47.6 Å². The Morgan fingerprint density at radius 2 is 0.277 bits per heavy atom. The summed E-state index contributed by atoms with van der Waals surface area (Å²) < 4.78 is -19.6. The first-order chi connectivity index (χ1) is 19.5. The average Bonchev–Trinajstić information content (AvgIpc) is 2.80. The maximum absolute atomic E-state index is 13.2. The number of hydrogen-bond acceptors (Lipinski definition) is 0. The summed E-state index contributed by atoms with van der Waals surface area (Å²) >= 11 is 117. The summed E-state index contributed by atoms with van der Waals surface area (Å²) in [6.45, 7) is 0. The van der Waals surface area contributed by atoms with E-state index in [-0.39, 0.29) is 0 Å². The van der Waals surface area contributed by atoms with Gasteiger partial charge in [0.15, 0.2) is 5.38 Å². The second-order valence-electron chi connectivity index (χ2n) is 8.48. The van der Waals surface area contributed by atoms with Crippen LogP contribution in [0.15, 0.2) is 0 Å². The van der Waals surface area contributed by atoms with E-state index in [1.807, 2.05) is 0 Å². The van der Waals surface area contributed by atoms with Crippen LogP contribution in [0.3, 0.4) is 0 Å². The van der Waals surface area contributed by atoms with Crippen molar-refractivity contribution in [1.29, 1.82) is 0 Å². The highest BCUT2D eigenvalue weighted by Crippen LogP contribution is 2.83. The minimum absolute atomic E-state index is 0.901. The molecule has 0 N–H and O–H groups in total. The first-order valence-corrected chi connectivity index (χ1v) is 34.1. The van der Waals surface area contributed by atoms with Crippen molar-refractivity contribution < 1.29 is 5.11 Å². The van der Waals surface area contributed by atoms with Gasteiger partial charge < -0.3 is 0 Å². The van der Waals surface area contributed by atoms with E-state index in [4.69, 9.17) is 0 Å². The van der Waals surface area contributed by atoms with Gasteiger partial charge in [0.2, 0.25) is 3.42 Å². The second-order valence-corrected chi connectivity index (χ2v) is 63.3. The molecule has 0 unspecified atom stereocenters. The monoisotopic (exact) mass is 2640 g/mol. The summed E-state index contributed by atoms with van der Waals surface area (Å²) in [4.78, 5) is 0. The highest BCUT2D eigenvalue weighted by molar-refractivity contribution is 9.42. The summed E-state index contributed by atoms with van der Waals surface area (Å²) in [5.74, 6) is 0. The Balaban J connectivity index is 7.61. The summed E-state index contributed by atoms with van der Waals surface area (Å²) in [5.41, 5.74) is 0. The first-order valence-electron chi connectivity index (χ1n) is 9.56. The molecule has 47 heavy (non-hydrogen) atoms. The van der Waals surface area contributed by atoms with Crippen molar-refractivity contribution in [1.82, 2.24) is 0 Å². The lowest BCUT2D eigenvalue weighted by Gasteiger charge is -2.61. The molecule has 0 amide bonds. The molecule has 0 rings (SSSR count). The van der Waals surface area contributed by atoms with Crippen molar-refractivity contribution in [3.8, 4) is 0 Å². The smallest absolute Gasteiger partial charge is 0.202 e. The molecule has 32 heteroatoms. The summed E-state index contributed by atoms with van der Waals surface area (Å²) in [5, 5.41) is 13.2. The van der Waals surface area contributed by atoms with Crippen LogP contribution < -0.4 is 0 Å². The van der Waals surface area contributed by atoms with E-state index in [0.717, 1.165) is 0 Å². The largest absolute Gasteiger partial charge is 0.239 e. The molecular weight excluding hydrogens is 2670 g/mol. The van der Waals surface area contributed by atoms with Crippen LogP contribution in [0.25, 0.3) is 0 Å². The van der Waals surface area contributed by atoms with E-state index >= 15 is 0 Å². The summed E-state index contributed by atoms with van der Waals surface area (Å²) in [6, 6.07) is 0. The molecule has 283 valence electrons. The highest BCUT2D eigenvalue weighted by atomic mass is 80.0. The first kappa shape index (κ1) is 61.8. The van der Waals surface area contributed by atoms with E-state index in [1.165, 1.54) is 0 Å². The van der Waals surface area contributed by atoms with Crippen molar-refractivity contribution in [3.63, 3.8) is 0 Å². The van der Waals surface area contributed by atoms with Gasteiger partial charge in [-0.25, -0.2) is 5.11 Å². The van der Waals surface area contributed by atoms with Gasteiger partial charge in [0, 0.05) is 0 Å². The number of hydrogen-bond donors (Lipinski definition) is 0. The van der Waals surface area contributed by atoms with Crippen LogP contribution in [0, 0.1) is 0 Å². The van der Waals surface area contributed by atoms with Crippen LogP contribution in [0.4, 0.5) is 0 Å². The van der Waals surface area contributed by atoms with Crippen LogP contribution in [0.2, 0.25) is 0 Å². The molecule has 0 aromatic heterocycles. The van der Waals surface area contributed by atoms with Crippen LogP contribution in [0.1, 0.15) is 0 Å². The normalized spacial score (nSPS) is 17.4. The van der Waals surface area contributed by atoms with E-state index in [0.29, 0.717) is 0 Å². The molecule has 0 aliphatic rings. The molecule has 0 heterocycles. The lowest BCUT2D eigenvalue weighted by Crippen LogP contribution is -2.73. The van der Waals surface area contributed by atoms with Gasteiger partial charge in [-0.05, 0) is 31.9 Å². The molecule has 0 spiro atoms. The quantitative estimate of drug-likeness (QED) is 0.164. The Morgan fingerprint density at radius 1 is 0.170 bits per heavy atom. The molecule has 0 bridgehead atoms. The molecule has 0 saturated heterocycles. The van der Waals surface area contributed by atoms with Gasteiger partial charge in [0.1, 0.15) is 38.8 Å². The van der Waals surface area contributed by atoms with Crippen LogP contribution in [-0.2, 0) is 5.11 Å². The average molecular weight is 2670 g/mol. The van der Waals surface area contributed by atoms with E-state index < -0.39 is 47.6 Å². The second kappa shape index (κ2) is 19.8.